The lowest BCUT2D eigenvalue weighted by Gasteiger charge is -2.19. The second-order valence-corrected chi connectivity index (χ2v) is 5.11. The summed E-state index contributed by atoms with van der Waals surface area (Å²) in [5.74, 6) is -1.71. The van der Waals surface area contributed by atoms with Crippen LogP contribution in [0.25, 0.3) is 0 Å². The molecule has 1 saturated heterocycles. The molecule has 2 N–H and O–H groups in total. The van der Waals surface area contributed by atoms with E-state index in [-0.39, 0.29) is 25.3 Å². The maximum absolute atomic E-state index is 13.1. The summed E-state index contributed by atoms with van der Waals surface area (Å²) in [6.45, 7) is 0.152. The highest BCUT2D eigenvalue weighted by Crippen LogP contribution is 2.37. The topological polar surface area (TPSA) is 78.9 Å². The Morgan fingerprint density at radius 3 is 2.61 bits per heavy atom. The maximum Gasteiger partial charge on any atom is 0.418 e. The fourth-order valence-electron chi connectivity index (χ4n) is 2.33. The number of carboxylic acids is 1. The van der Waals surface area contributed by atoms with E-state index >= 15 is 0 Å². The van der Waals surface area contributed by atoms with Crippen LogP contribution in [0, 0.1) is 5.92 Å². The van der Waals surface area contributed by atoms with E-state index < -0.39 is 35.3 Å². The van der Waals surface area contributed by atoms with Crippen LogP contribution in [0.1, 0.15) is 12.0 Å². The van der Waals surface area contributed by atoms with Gasteiger partial charge < -0.3 is 20.1 Å². The highest BCUT2D eigenvalue weighted by atomic mass is 19.4. The number of alkyl halides is 3. The predicted octanol–water partition coefficient (Wildman–Crippen LogP) is 2.65. The van der Waals surface area contributed by atoms with Crippen molar-refractivity contribution < 1.29 is 32.6 Å². The van der Waals surface area contributed by atoms with Gasteiger partial charge in [0, 0.05) is 13.1 Å². The number of aliphatic carboxylic acids is 1. The first-order valence-electron chi connectivity index (χ1n) is 6.76. The molecule has 0 bridgehead atoms. The second kappa shape index (κ2) is 6.35. The molecule has 0 aromatic heterocycles. The Morgan fingerprint density at radius 1 is 1.39 bits per heavy atom. The monoisotopic (exact) mass is 332 g/mol. The van der Waals surface area contributed by atoms with Gasteiger partial charge in [-0.15, -0.1) is 0 Å². The first-order chi connectivity index (χ1) is 10.7. The van der Waals surface area contributed by atoms with Crippen molar-refractivity contribution in [1.29, 1.82) is 0 Å². The SMILES string of the molecule is COc1ccc(NC(=O)N2CCC(C(=O)O)C2)c(C(F)(F)F)c1. The number of carbonyl (C=O) groups excluding carboxylic acids is 1. The molecule has 0 saturated carbocycles. The molecule has 2 rings (SSSR count). The molecule has 1 heterocycles. The van der Waals surface area contributed by atoms with Crippen molar-refractivity contribution in [3.8, 4) is 5.75 Å². The Balaban J connectivity index is 2.17. The van der Waals surface area contributed by atoms with Gasteiger partial charge in [0.1, 0.15) is 5.75 Å². The van der Waals surface area contributed by atoms with Gasteiger partial charge in [-0.05, 0) is 24.6 Å². The molecule has 23 heavy (non-hydrogen) atoms. The molecule has 6 nitrogen and oxygen atoms in total. The van der Waals surface area contributed by atoms with E-state index in [0.29, 0.717) is 0 Å². The molecule has 1 fully saturated rings. The van der Waals surface area contributed by atoms with Crippen LogP contribution in [-0.2, 0) is 11.0 Å². The number of benzene rings is 1. The van der Waals surface area contributed by atoms with Gasteiger partial charge in [-0.2, -0.15) is 13.2 Å². The molecule has 0 aliphatic carbocycles. The Kier molecular flexibility index (Phi) is 4.67. The predicted molar refractivity (Wildman–Crippen MR) is 74.3 cm³/mol. The number of anilines is 1. The molecule has 9 heteroatoms. The molecule has 1 aromatic carbocycles. The zero-order valence-electron chi connectivity index (χ0n) is 12.2. The molecular weight excluding hydrogens is 317 g/mol. The van der Waals surface area contributed by atoms with Crippen molar-refractivity contribution in [2.75, 3.05) is 25.5 Å². The minimum absolute atomic E-state index is 0.0161. The van der Waals surface area contributed by atoms with Gasteiger partial charge in [-0.1, -0.05) is 0 Å². The molecular formula is C14H15F3N2O4. The number of ether oxygens (including phenoxy) is 1. The Bertz CT molecular complexity index is 619. The summed E-state index contributed by atoms with van der Waals surface area (Å²) in [6.07, 6.45) is -4.39. The Labute approximate surface area is 129 Å². The lowest BCUT2D eigenvalue weighted by atomic mass is 10.1. The van der Waals surface area contributed by atoms with E-state index in [1.54, 1.807) is 0 Å². The normalized spacial score (nSPS) is 17.9. The number of carboxylic acid groups (broad SMARTS) is 1. The number of amides is 2. The second-order valence-electron chi connectivity index (χ2n) is 5.11. The quantitative estimate of drug-likeness (QED) is 0.892. The first-order valence-corrected chi connectivity index (χ1v) is 6.76. The van der Waals surface area contributed by atoms with Crippen LogP contribution in [0.15, 0.2) is 18.2 Å². The van der Waals surface area contributed by atoms with E-state index in [1.165, 1.54) is 18.1 Å². The number of likely N-dealkylation sites (tertiary alicyclic amines) is 1. The van der Waals surface area contributed by atoms with Crippen LogP contribution in [-0.4, -0.2) is 42.2 Å². The van der Waals surface area contributed by atoms with E-state index in [0.717, 1.165) is 12.1 Å². The number of halogens is 3. The molecule has 0 radical (unpaired) electrons. The van der Waals surface area contributed by atoms with Crippen molar-refractivity contribution in [3.63, 3.8) is 0 Å². The fourth-order valence-corrected chi connectivity index (χ4v) is 2.33. The van der Waals surface area contributed by atoms with E-state index in [1.807, 2.05) is 0 Å². The summed E-state index contributed by atoms with van der Waals surface area (Å²) < 4.78 is 43.9. The number of methoxy groups -OCH3 is 1. The van der Waals surface area contributed by atoms with Crippen LogP contribution in [0.4, 0.5) is 23.7 Å². The molecule has 1 aliphatic heterocycles. The van der Waals surface area contributed by atoms with Crippen molar-refractivity contribution >= 4 is 17.7 Å². The van der Waals surface area contributed by atoms with Gasteiger partial charge in [0.25, 0.3) is 0 Å². The van der Waals surface area contributed by atoms with E-state index in [9.17, 15) is 22.8 Å². The summed E-state index contributed by atoms with van der Waals surface area (Å²) in [5.41, 5.74) is -1.43. The minimum atomic E-state index is -4.66. The molecule has 1 atom stereocenters. The molecule has 0 spiro atoms. The summed E-state index contributed by atoms with van der Waals surface area (Å²) in [5, 5.41) is 11.1. The lowest BCUT2D eigenvalue weighted by Crippen LogP contribution is -2.34. The van der Waals surface area contributed by atoms with Crippen molar-refractivity contribution in [2.45, 2.75) is 12.6 Å². The largest absolute Gasteiger partial charge is 0.497 e. The van der Waals surface area contributed by atoms with Crippen LogP contribution in [0.5, 0.6) is 5.75 Å². The van der Waals surface area contributed by atoms with Crippen molar-refractivity contribution in [3.05, 3.63) is 23.8 Å². The van der Waals surface area contributed by atoms with Crippen LogP contribution in [0.3, 0.4) is 0 Å². The summed E-state index contributed by atoms with van der Waals surface area (Å²) >= 11 is 0. The maximum atomic E-state index is 13.1. The standard InChI is InChI=1S/C14H15F3N2O4/c1-23-9-2-3-11(10(6-9)14(15,16)17)18-13(22)19-5-4-8(7-19)12(20)21/h2-3,6,8H,4-5,7H2,1H3,(H,18,22)(H,20,21). The zero-order valence-corrected chi connectivity index (χ0v) is 12.2. The van der Waals surface area contributed by atoms with Gasteiger partial charge in [0.05, 0.1) is 24.3 Å². The Hall–Kier alpha value is -2.45. The fraction of sp³-hybridized carbons (Fsp3) is 0.429. The summed E-state index contributed by atoms with van der Waals surface area (Å²) in [4.78, 5) is 24.1. The molecule has 1 unspecified atom stereocenters. The van der Waals surface area contributed by atoms with Crippen LogP contribution < -0.4 is 10.1 Å². The van der Waals surface area contributed by atoms with Crippen molar-refractivity contribution in [1.82, 2.24) is 4.90 Å². The third-order valence-electron chi connectivity index (χ3n) is 3.60. The number of nitrogens with zero attached hydrogens (tertiary/aromatic N) is 1. The average molecular weight is 332 g/mol. The first kappa shape index (κ1) is 16.9. The zero-order chi connectivity index (χ0) is 17.2. The van der Waals surface area contributed by atoms with Crippen molar-refractivity contribution in [2.24, 2.45) is 5.92 Å². The molecule has 1 aromatic rings. The van der Waals surface area contributed by atoms with Gasteiger partial charge in [0.15, 0.2) is 0 Å². The Morgan fingerprint density at radius 2 is 2.09 bits per heavy atom. The number of carbonyl (C=O) groups is 2. The molecule has 2 amide bonds. The third kappa shape index (κ3) is 3.85. The number of urea groups is 1. The smallest absolute Gasteiger partial charge is 0.418 e. The number of hydrogen-bond donors (Lipinski definition) is 2. The highest BCUT2D eigenvalue weighted by molar-refractivity contribution is 5.91. The average Bonchev–Trinajstić information content (AvgIpc) is 2.96. The lowest BCUT2D eigenvalue weighted by molar-refractivity contribution is -0.141. The number of hydrogen-bond acceptors (Lipinski definition) is 3. The summed E-state index contributed by atoms with van der Waals surface area (Å²) in [6, 6.07) is 2.43. The van der Waals surface area contributed by atoms with Crippen LogP contribution in [0.2, 0.25) is 0 Å². The highest BCUT2D eigenvalue weighted by Gasteiger charge is 2.36. The van der Waals surface area contributed by atoms with Gasteiger partial charge in [0.2, 0.25) is 0 Å². The number of nitrogens with one attached hydrogen (secondary N) is 1. The minimum Gasteiger partial charge on any atom is -0.497 e. The van der Waals surface area contributed by atoms with Gasteiger partial charge in [-0.3, -0.25) is 4.79 Å². The molecule has 126 valence electrons. The number of rotatable bonds is 3. The van der Waals surface area contributed by atoms with Crippen LogP contribution >= 0.6 is 0 Å². The summed E-state index contributed by atoms with van der Waals surface area (Å²) in [7, 11) is 1.24. The third-order valence-corrected chi connectivity index (χ3v) is 3.60. The van der Waals surface area contributed by atoms with E-state index in [2.05, 4.69) is 5.32 Å². The van der Waals surface area contributed by atoms with E-state index in [4.69, 9.17) is 9.84 Å². The van der Waals surface area contributed by atoms with Gasteiger partial charge in [-0.25, -0.2) is 4.79 Å². The van der Waals surface area contributed by atoms with Gasteiger partial charge >= 0.3 is 18.2 Å². The molecule has 1 aliphatic rings.